The van der Waals surface area contributed by atoms with Gasteiger partial charge in [0.2, 0.25) is 10.0 Å². The van der Waals surface area contributed by atoms with Gasteiger partial charge in [-0.25, -0.2) is 21.6 Å². The van der Waals surface area contributed by atoms with Crippen LogP contribution in [-0.2, 0) is 19.9 Å². The van der Waals surface area contributed by atoms with Crippen LogP contribution in [0.25, 0.3) is 0 Å². The average Bonchev–Trinajstić information content (AvgIpc) is 2.26. The van der Waals surface area contributed by atoms with Crippen LogP contribution in [0.5, 0.6) is 0 Å². The van der Waals surface area contributed by atoms with Crippen LogP contribution < -0.4 is 4.72 Å². The molecule has 5 nitrogen and oxygen atoms in total. The maximum Gasteiger partial charge on any atom is 0.216 e. The van der Waals surface area contributed by atoms with Gasteiger partial charge in [0.05, 0.1) is 16.3 Å². The highest BCUT2D eigenvalue weighted by Crippen LogP contribution is 2.18. The van der Waals surface area contributed by atoms with Gasteiger partial charge in [-0.15, -0.1) is 0 Å². The first-order chi connectivity index (χ1) is 6.54. The van der Waals surface area contributed by atoms with Crippen molar-refractivity contribution in [1.29, 1.82) is 0 Å². The summed E-state index contributed by atoms with van der Waals surface area (Å²) >= 11 is 0. The molecule has 0 aromatic carbocycles. The summed E-state index contributed by atoms with van der Waals surface area (Å²) in [6.07, 6.45) is 0.373. The largest absolute Gasteiger partial charge is 0.229 e. The molecule has 0 spiro atoms. The summed E-state index contributed by atoms with van der Waals surface area (Å²) in [6, 6.07) is -0.459. The minimum Gasteiger partial charge on any atom is -0.229 e. The quantitative estimate of drug-likeness (QED) is 0.746. The van der Waals surface area contributed by atoms with Crippen LogP contribution in [0.2, 0.25) is 0 Å². The Hall–Kier alpha value is -0.140. The number of hydrogen-bond donors (Lipinski definition) is 1. The standard InChI is InChI=1S/C8H17NO4S2/c1-8(2,3)15(12,13)9-7-4-5-14(10,11)6-7/h7,9H,4-6H2,1-3H3. The van der Waals surface area contributed by atoms with E-state index in [1.807, 2.05) is 0 Å². The molecule has 1 aliphatic heterocycles. The van der Waals surface area contributed by atoms with Gasteiger partial charge in [-0.1, -0.05) is 0 Å². The Labute approximate surface area is 91.2 Å². The highest BCUT2D eigenvalue weighted by molar-refractivity contribution is 7.92. The molecule has 0 radical (unpaired) electrons. The third kappa shape index (κ3) is 3.15. The molecular formula is C8H17NO4S2. The molecule has 0 aliphatic carbocycles. The Morgan fingerprint density at radius 3 is 2.13 bits per heavy atom. The molecule has 0 aromatic heterocycles. The lowest BCUT2D eigenvalue weighted by Crippen LogP contribution is -2.45. The van der Waals surface area contributed by atoms with E-state index in [9.17, 15) is 16.8 Å². The first-order valence-electron chi connectivity index (χ1n) is 4.76. The Balaban J connectivity index is 2.74. The fraction of sp³-hybridized carbons (Fsp3) is 1.00. The molecule has 15 heavy (non-hydrogen) atoms. The molecular weight excluding hydrogens is 238 g/mol. The zero-order chi connectivity index (χ0) is 11.9. The number of nitrogens with one attached hydrogen (secondary N) is 1. The number of sulfonamides is 1. The SMILES string of the molecule is CC(C)(C)S(=O)(=O)NC1CCS(=O)(=O)C1. The number of hydrogen-bond acceptors (Lipinski definition) is 4. The van der Waals surface area contributed by atoms with Gasteiger partial charge in [0, 0.05) is 6.04 Å². The minimum absolute atomic E-state index is 0.0737. The molecule has 1 atom stereocenters. The molecule has 1 unspecified atom stereocenters. The van der Waals surface area contributed by atoms with Crippen LogP contribution >= 0.6 is 0 Å². The third-order valence-electron chi connectivity index (χ3n) is 2.36. The summed E-state index contributed by atoms with van der Waals surface area (Å²) < 4.78 is 47.3. The zero-order valence-corrected chi connectivity index (χ0v) is 10.8. The minimum atomic E-state index is -3.45. The van der Waals surface area contributed by atoms with E-state index < -0.39 is 30.6 Å². The molecule has 0 bridgehead atoms. The lowest BCUT2D eigenvalue weighted by Gasteiger charge is -2.22. The lowest BCUT2D eigenvalue weighted by atomic mass is 10.3. The zero-order valence-electron chi connectivity index (χ0n) is 9.15. The number of rotatable bonds is 2. The maximum atomic E-state index is 11.7. The van der Waals surface area contributed by atoms with Crippen molar-refractivity contribution in [2.75, 3.05) is 11.5 Å². The molecule has 1 aliphatic rings. The smallest absolute Gasteiger partial charge is 0.216 e. The van der Waals surface area contributed by atoms with Gasteiger partial charge in [-0.05, 0) is 27.2 Å². The molecule has 1 saturated heterocycles. The van der Waals surface area contributed by atoms with Crippen molar-refractivity contribution >= 4 is 19.9 Å². The van der Waals surface area contributed by atoms with Crippen LogP contribution in [0.1, 0.15) is 27.2 Å². The lowest BCUT2D eigenvalue weighted by molar-refractivity contribution is 0.529. The van der Waals surface area contributed by atoms with E-state index in [1.54, 1.807) is 20.8 Å². The fourth-order valence-corrected chi connectivity index (χ4v) is 4.06. The van der Waals surface area contributed by atoms with Gasteiger partial charge in [0.15, 0.2) is 9.84 Å². The second kappa shape index (κ2) is 3.71. The van der Waals surface area contributed by atoms with Gasteiger partial charge in [0.1, 0.15) is 0 Å². The van der Waals surface area contributed by atoms with Gasteiger partial charge >= 0.3 is 0 Å². The van der Waals surface area contributed by atoms with Gasteiger partial charge in [-0.3, -0.25) is 0 Å². The molecule has 1 rings (SSSR count). The Bertz CT molecular complexity index is 430. The van der Waals surface area contributed by atoms with E-state index in [2.05, 4.69) is 4.72 Å². The van der Waals surface area contributed by atoms with Crippen molar-refractivity contribution in [3.8, 4) is 0 Å². The van der Waals surface area contributed by atoms with Crippen molar-refractivity contribution in [2.45, 2.75) is 38.0 Å². The van der Waals surface area contributed by atoms with Crippen molar-refractivity contribution in [3.63, 3.8) is 0 Å². The van der Waals surface area contributed by atoms with Crippen LogP contribution in [-0.4, -0.2) is 39.1 Å². The van der Waals surface area contributed by atoms with E-state index in [1.165, 1.54) is 0 Å². The molecule has 0 aromatic rings. The van der Waals surface area contributed by atoms with Gasteiger partial charge in [-0.2, -0.15) is 0 Å². The molecule has 7 heteroatoms. The van der Waals surface area contributed by atoms with E-state index in [4.69, 9.17) is 0 Å². The molecule has 1 fully saturated rings. The molecule has 0 amide bonds. The second-order valence-corrected chi connectivity index (χ2v) is 9.53. The number of sulfone groups is 1. The first kappa shape index (κ1) is 12.9. The topological polar surface area (TPSA) is 80.3 Å². The maximum absolute atomic E-state index is 11.7. The summed E-state index contributed by atoms with van der Waals surface area (Å²) in [5.74, 6) is -0.00730. The van der Waals surface area contributed by atoms with E-state index in [0.29, 0.717) is 6.42 Å². The Morgan fingerprint density at radius 1 is 1.27 bits per heavy atom. The predicted octanol–water partition coefficient (Wildman–Crippen LogP) is -0.109. The van der Waals surface area contributed by atoms with Crippen LogP contribution in [0.4, 0.5) is 0 Å². The molecule has 1 N–H and O–H groups in total. The summed E-state index contributed by atoms with van der Waals surface area (Å²) in [6.45, 7) is 4.75. The summed E-state index contributed by atoms with van der Waals surface area (Å²) in [5.41, 5.74) is 0. The average molecular weight is 255 g/mol. The van der Waals surface area contributed by atoms with Crippen molar-refractivity contribution in [3.05, 3.63) is 0 Å². The van der Waals surface area contributed by atoms with E-state index in [0.717, 1.165) is 0 Å². The van der Waals surface area contributed by atoms with Crippen LogP contribution in [0, 0.1) is 0 Å². The normalized spacial score (nSPS) is 26.7. The van der Waals surface area contributed by atoms with Crippen LogP contribution in [0.3, 0.4) is 0 Å². The molecule has 1 heterocycles. The highest BCUT2D eigenvalue weighted by Gasteiger charge is 2.35. The first-order valence-corrected chi connectivity index (χ1v) is 8.06. The van der Waals surface area contributed by atoms with Gasteiger partial charge < -0.3 is 0 Å². The highest BCUT2D eigenvalue weighted by atomic mass is 32.2. The summed E-state index contributed by atoms with van der Waals surface area (Å²) in [7, 11) is -6.49. The predicted molar refractivity (Wildman–Crippen MR) is 58.9 cm³/mol. The monoisotopic (exact) mass is 255 g/mol. The van der Waals surface area contributed by atoms with E-state index >= 15 is 0 Å². The fourth-order valence-electron chi connectivity index (χ4n) is 1.28. The van der Waals surface area contributed by atoms with Crippen LogP contribution in [0.15, 0.2) is 0 Å². The third-order valence-corrected chi connectivity index (χ3v) is 6.38. The molecule has 90 valence electrons. The Kier molecular flexibility index (Phi) is 3.20. The van der Waals surface area contributed by atoms with Crippen molar-refractivity contribution < 1.29 is 16.8 Å². The summed E-state index contributed by atoms with van der Waals surface area (Å²) in [5, 5.41) is 0. The van der Waals surface area contributed by atoms with Crippen molar-refractivity contribution in [1.82, 2.24) is 4.72 Å². The Morgan fingerprint density at radius 2 is 1.80 bits per heavy atom. The van der Waals surface area contributed by atoms with E-state index in [-0.39, 0.29) is 11.5 Å². The van der Waals surface area contributed by atoms with Crippen molar-refractivity contribution in [2.24, 2.45) is 0 Å². The second-order valence-electron chi connectivity index (χ2n) is 4.83. The van der Waals surface area contributed by atoms with Gasteiger partial charge in [0.25, 0.3) is 0 Å². The molecule has 0 saturated carbocycles. The summed E-state index contributed by atoms with van der Waals surface area (Å²) in [4.78, 5) is 0.